The van der Waals surface area contributed by atoms with Crippen LogP contribution in [0.5, 0.6) is 0 Å². The zero-order valence-electron chi connectivity index (χ0n) is 12.9. The van der Waals surface area contributed by atoms with Gasteiger partial charge in [-0.1, -0.05) is 42.1 Å². The molecule has 3 aromatic rings. The average Bonchev–Trinajstić information content (AvgIpc) is 2.92. The van der Waals surface area contributed by atoms with E-state index in [0.717, 1.165) is 20.9 Å². The van der Waals surface area contributed by atoms with Gasteiger partial charge >= 0.3 is 0 Å². The fourth-order valence-corrected chi connectivity index (χ4v) is 3.50. The van der Waals surface area contributed by atoms with Gasteiger partial charge in [-0.3, -0.25) is 4.79 Å². The molecule has 3 rings (SSSR count). The Morgan fingerprint density at radius 1 is 1.05 bits per heavy atom. The second kappa shape index (κ2) is 5.89. The van der Waals surface area contributed by atoms with Crippen LogP contribution >= 0.6 is 11.8 Å². The van der Waals surface area contributed by atoms with Gasteiger partial charge in [0.15, 0.2) is 0 Å². The molecule has 0 saturated heterocycles. The molecule has 1 amide bonds. The molecule has 0 unspecified atom stereocenters. The van der Waals surface area contributed by atoms with E-state index in [1.54, 1.807) is 30.8 Å². The molecule has 0 fully saturated rings. The molecule has 0 spiro atoms. The molecule has 0 radical (unpaired) electrons. The number of rotatable bonds is 3. The summed E-state index contributed by atoms with van der Waals surface area (Å²) in [4.78, 5) is 19.4. The van der Waals surface area contributed by atoms with Gasteiger partial charge in [0.05, 0.1) is 5.56 Å². The van der Waals surface area contributed by atoms with Crippen molar-refractivity contribution in [2.75, 3.05) is 14.1 Å². The molecule has 2 aromatic carbocycles. The highest BCUT2D eigenvalue weighted by atomic mass is 32.2. The van der Waals surface area contributed by atoms with Crippen molar-refractivity contribution in [3.63, 3.8) is 0 Å². The van der Waals surface area contributed by atoms with Crippen LogP contribution in [-0.2, 0) is 0 Å². The van der Waals surface area contributed by atoms with Gasteiger partial charge in [0.2, 0.25) is 0 Å². The van der Waals surface area contributed by atoms with Gasteiger partial charge in [-0.2, -0.15) is 0 Å². The third-order valence-electron chi connectivity index (χ3n) is 3.63. The topological polar surface area (TPSA) is 36.1 Å². The van der Waals surface area contributed by atoms with Crippen LogP contribution in [0.15, 0.2) is 58.5 Å². The van der Waals surface area contributed by atoms with Crippen molar-refractivity contribution in [3.8, 4) is 0 Å². The molecule has 3 nitrogen and oxygen atoms in total. The van der Waals surface area contributed by atoms with E-state index in [2.05, 4.69) is 30.1 Å². The van der Waals surface area contributed by atoms with E-state index >= 15 is 0 Å². The minimum absolute atomic E-state index is 0.0270. The Labute approximate surface area is 134 Å². The van der Waals surface area contributed by atoms with Crippen molar-refractivity contribution >= 4 is 28.6 Å². The van der Waals surface area contributed by atoms with Crippen LogP contribution in [0.4, 0.5) is 0 Å². The lowest BCUT2D eigenvalue weighted by atomic mass is 10.2. The molecule has 1 N–H and O–H groups in total. The highest BCUT2D eigenvalue weighted by Gasteiger charge is 2.15. The van der Waals surface area contributed by atoms with Crippen LogP contribution in [0.2, 0.25) is 0 Å². The SMILES string of the molecule is Cc1cccc2c(Sc3ccccc3C(=O)N(C)C)c[nH]c12. The zero-order chi connectivity index (χ0) is 15.7. The summed E-state index contributed by atoms with van der Waals surface area (Å²) in [7, 11) is 3.55. The summed E-state index contributed by atoms with van der Waals surface area (Å²) in [5.74, 6) is 0.0270. The molecule has 0 aliphatic heterocycles. The summed E-state index contributed by atoms with van der Waals surface area (Å²) in [5.41, 5.74) is 3.11. The van der Waals surface area contributed by atoms with Gasteiger partial charge in [-0.25, -0.2) is 0 Å². The summed E-state index contributed by atoms with van der Waals surface area (Å²) in [5, 5.41) is 1.19. The summed E-state index contributed by atoms with van der Waals surface area (Å²) in [6.45, 7) is 2.09. The molecule has 4 heteroatoms. The Morgan fingerprint density at radius 3 is 2.59 bits per heavy atom. The lowest BCUT2D eigenvalue weighted by Crippen LogP contribution is -2.22. The van der Waals surface area contributed by atoms with Crippen molar-refractivity contribution in [3.05, 3.63) is 59.8 Å². The van der Waals surface area contributed by atoms with Crippen LogP contribution in [0, 0.1) is 6.92 Å². The minimum atomic E-state index is 0.0270. The Bertz CT molecular complexity index is 836. The van der Waals surface area contributed by atoms with Gasteiger partial charge in [-0.05, 0) is 24.6 Å². The maximum absolute atomic E-state index is 12.3. The second-order valence-corrected chi connectivity index (χ2v) is 6.53. The molecular formula is C18H18N2OS. The number of para-hydroxylation sites is 1. The molecule has 0 atom stereocenters. The van der Waals surface area contributed by atoms with E-state index in [-0.39, 0.29) is 5.91 Å². The number of nitrogens with zero attached hydrogens (tertiary/aromatic N) is 1. The van der Waals surface area contributed by atoms with Gasteiger partial charge in [0.1, 0.15) is 0 Å². The fourth-order valence-electron chi connectivity index (χ4n) is 2.46. The van der Waals surface area contributed by atoms with Crippen LogP contribution in [-0.4, -0.2) is 29.9 Å². The number of carbonyl (C=O) groups excluding carboxylic acids is 1. The number of H-pyrrole nitrogens is 1. The van der Waals surface area contributed by atoms with E-state index in [1.165, 1.54) is 10.9 Å². The first-order chi connectivity index (χ1) is 10.6. The van der Waals surface area contributed by atoms with Crippen LogP contribution in [0.3, 0.4) is 0 Å². The lowest BCUT2D eigenvalue weighted by molar-refractivity contribution is 0.0824. The molecule has 0 bridgehead atoms. The largest absolute Gasteiger partial charge is 0.360 e. The van der Waals surface area contributed by atoms with E-state index < -0.39 is 0 Å². The lowest BCUT2D eigenvalue weighted by Gasteiger charge is -2.13. The van der Waals surface area contributed by atoms with E-state index in [4.69, 9.17) is 0 Å². The second-order valence-electron chi connectivity index (χ2n) is 5.45. The monoisotopic (exact) mass is 310 g/mol. The minimum Gasteiger partial charge on any atom is -0.360 e. The fraction of sp³-hybridized carbons (Fsp3) is 0.167. The standard InChI is InChI=1S/C18H18N2OS/c1-12-7-6-9-13-16(11-19-17(12)13)22-15-10-5-4-8-14(15)18(21)20(2)3/h4-11,19H,1-3H3. The molecule has 1 heterocycles. The highest BCUT2D eigenvalue weighted by molar-refractivity contribution is 7.99. The first-order valence-corrected chi connectivity index (χ1v) is 7.95. The summed E-state index contributed by atoms with van der Waals surface area (Å²) < 4.78 is 0. The Balaban J connectivity index is 2.03. The number of nitrogens with one attached hydrogen (secondary N) is 1. The van der Waals surface area contributed by atoms with E-state index in [0.29, 0.717) is 0 Å². The maximum Gasteiger partial charge on any atom is 0.254 e. The third-order valence-corrected chi connectivity index (χ3v) is 4.76. The normalized spacial score (nSPS) is 10.9. The van der Waals surface area contributed by atoms with Crippen molar-refractivity contribution in [2.24, 2.45) is 0 Å². The Morgan fingerprint density at radius 2 is 1.82 bits per heavy atom. The number of hydrogen-bond donors (Lipinski definition) is 1. The summed E-state index contributed by atoms with van der Waals surface area (Å²) >= 11 is 1.63. The van der Waals surface area contributed by atoms with Crippen molar-refractivity contribution in [1.82, 2.24) is 9.88 Å². The number of fused-ring (bicyclic) bond motifs is 1. The summed E-state index contributed by atoms with van der Waals surface area (Å²) in [6, 6.07) is 14.0. The van der Waals surface area contributed by atoms with Crippen molar-refractivity contribution < 1.29 is 4.79 Å². The van der Waals surface area contributed by atoms with Gasteiger partial charge in [0, 0.05) is 41.0 Å². The van der Waals surface area contributed by atoms with E-state index in [9.17, 15) is 4.79 Å². The molecular weight excluding hydrogens is 292 g/mol. The van der Waals surface area contributed by atoms with Gasteiger partial charge in [-0.15, -0.1) is 0 Å². The first-order valence-electron chi connectivity index (χ1n) is 7.13. The average molecular weight is 310 g/mol. The van der Waals surface area contributed by atoms with Crippen molar-refractivity contribution in [2.45, 2.75) is 16.7 Å². The predicted molar refractivity (Wildman–Crippen MR) is 91.6 cm³/mol. The van der Waals surface area contributed by atoms with Crippen LogP contribution in [0.25, 0.3) is 10.9 Å². The number of carbonyl (C=O) groups is 1. The maximum atomic E-state index is 12.3. The number of aromatic amines is 1. The van der Waals surface area contributed by atoms with Gasteiger partial charge < -0.3 is 9.88 Å². The molecule has 0 aliphatic rings. The highest BCUT2D eigenvalue weighted by Crippen LogP contribution is 2.36. The Kier molecular flexibility index (Phi) is 3.94. The molecule has 0 saturated carbocycles. The smallest absolute Gasteiger partial charge is 0.254 e. The Hall–Kier alpha value is -2.20. The number of amides is 1. The molecule has 0 aliphatic carbocycles. The summed E-state index contributed by atoms with van der Waals surface area (Å²) in [6.07, 6.45) is 2.01. The van der Waals surface area contributed by atoms with Crippen LogP contribution < -0.4 is 0 Å². The molecule has 1 aromatic heterocycles. The van der Waals surface area contributed by atoms with Gasteiger partial charge in [0.25, 0.3) is 5.91 Å². The number of hydrogen-bond acceptors (Lipinski definition) is 2. The zero-order valence-corrected chi connectivity index (χ0v) is 13.7. The third kappa shape index (κ3) is 2.62. The molecule has 112 valence electrons. The number of aromatic nitrogens is 1. The molecule has 22 heavy (non-hydrogen) atoms. The van der Waals surface area contributed by atoms with Crippen LogP contribution in [0.1, 0.15) is 15.9 Å². The predicted octanol–water partition coefficient (Wildman–Crippen LogP) is 4.33. The number of benzene rings is 2. The first kappa shape index (κ1) is 14.7. The quantitative estimate of drug-likeness (QED) is 0.781. The van der Waals surface area contributed by atoms with E-state index in [1.807, 2.05) is 30.5 Å². The van der Waals surface area contributed by atoms with Crippen molar-refractivity contribution in [1.29, 1.82) is 0 Å². The number of aryl methyl sites for hydroxylation is 1.